The first kappa shape index (κ1) is 13.5. The molecular formula is C17H17FN2O. The quantitative estimate of drug-likeness (QED) is 0.737. The predicted molar refractivity (Wildman–Crippen MR) is 82.8 cm³/mol. The van der Waals surface area contributed by atoms with E-state index in [2.05, 4.69) is 11.5 Å². The molecule has 0 bridgehead atoms. The zero-order chi connectivity index (χ0) is 14.8. The van der Waals surface area contributed by atoms with Gasteiger partial charge in [0.1, 0.15) is 18.2 Å². The van der Waals surface area contributed by atoms with Gasteiger partial charge in [-0.1, -0.05) is 12.1 Å². The van der Waals surface area contributed by atoms with E-state index in [4.69, 9.17) is 10.5 Å². The molecule has 21 heavy (non-hydrogen) atoms. The summed E-state index contributed by atoms with van der Waals surface area (Å²) in [4.78, 5) is 0. The van der Waals surface area contributed by atoms with Crippen LogP contribution < -0.4 is 10.5 Å². The molecule has 1 heterocycles. The molecule has 3 aromatic rings. The van der Waals surface area contributed by atoms with E-state index in [1.54, 1.807) is 12.1 Å². The van der Waals surface area contributed by atoms with Crippen LogP contribution in [0.5, 0.6) is 5.75 Å². The third kappa shape index (κ3) is 2.57. The SMILES string of the molecule is CCn1c(COc2cccc(F)c2)cc2c(N)cccc21. The van der Waals surface area contributed by atoms with Gasteiger partial charge in [0.15, 0.2) is 0 Å². The maximum absolute atomic E-state index is 13.2. The third-order valence-electron chi connectivity index (χ3n) is 3.56. The number of hydrogen-bond acceptors (Lipinski definition) is 2. The molecule has 0 saturated heterocycles. The summed E-state index contributed by atoms with van der Waals surface area (Å²) in [6.07, 6.45) is 0. The average molecular weight is 284 g/mol. The number of aromatic nitrogens is 1. The Balaban J connectivity index is 1.91. The highest BCUT2D eigenvalue weighted by molar-refractivity contribution is 5.92. The van der Waals surface area contributed by atoms with Crippen LogP contribution in [0.3, 0.4) is 0 Å². The molecule has 1 aromatic heterocycles. The summed E-state index contributed by atoms with van der Waals surface area (Å²) in [6.45, 7) is 3.29. The highest BCUT2D eigenvalue weighted by Crippen LogP contribution is 2.26. The Morgan fingerprint density at radius 3 is 2.71 bits per heavy atom. The number of aryl methyl sites for hydroxylation is 1. The number of hydrogen-bond donors (Lipinski definition) is 1. The highest BCUT2D eigenvalue weighted by Gasteiger charge is 2.10. The molecule has 0 radical (unpaired) electrons. The van der Waals surface area contributed by atoms with Crippen molar-refractivity contribution in [2.24, 2.45) is 0 Å². The summed E-state index contributed by atoms with van der Waals surface area (Å²) in [5.74, 6) is 0.226. The largest absolute Gasteiger partial charge is 0.487 e. The number of rotatable bonds is 4. The fourth-order valence-corrected chi connectivity index (χ4v) is 2.57. The van der Waals surface area contributed by atoms with E-state index in [9.17, 15) is 4.39 Å². The Morgan fingerprint density at radius 2 is 1.95 bits per heavy atom. The third-order valence-corrected chi connectivity index (χ3v) is 3.56. The first-order chi connectivity index (χ1) is 10.2. The van der Waals surface area contributed by atoms with Crippen LogP contribution in [-0.2, 0) is 13.2 Å². The van der Waals surface area contributed by atoms with Crippen LogP contribution in [0.15, 0.2) is 48.5 Å². The second kappa shape index (κ2) is 5.48. The fourth-order valence-electron chi connectivity index (χ4n) is 2.57. The molecule has 0 spiro atoms. The van der Waals surface area contributed by atoms with Crippen molar-refractivity contribution in [1.82, 2.24) is 4.57 Å². The van der Waals surface area contributed by atoms with Crippen LogP contribution in [0, 0.1) is 5.82 Å². The average Bonchev–Trinajstić information content (AvgIpc) is 2.84. The van der Waals surface area contributed by atoms with E-state index in [1.807, 2.05) is 24.3 Å². The Kier molecular flexibility index (Phi) is 3.52. The molecule has 108 valence electrons. The van der Waals surface area contributed by atoms with Gasteiger partial charge in [0.2, 0.25) is 0 Å². The van der Waals surface area contributed by atoms with Crippen LogP contribution in [0.25, 0.3) is 10.9 Å². The highest BCUT2D eigenvalue weighted by atomic mass is 19.1. The first-order valence-electron chi connectivity index (χ1n) is 6.94. The lowest BCUT2D eigenvalue weighted by Gasteiger charge is -2.10. The second-order valence-corrected chi connectivity index (χ2v) is 4.91. The van der Waals surface area contributed by atoms with Crippen molar-refractivity contribution >= 4 is 16.6 Å². The van der Waals surface area contributed by atoms with Gasteiger partial charge in [-0.15, -0.1) is 0 Å². The molecule has 4 heteroatoms. The Morgan fingerprint density at radius 1 is 1.14 bits per heavy atom. The maximum atomic E-state index is 13.2. The van der Waals surface area contributed by atoms with Crippen LogP contribution >= 0.6 is 0 Å². The summed E-state index contributed by atoms with van der Waals surface area (Å²) in [6, 6.07) is 14.1. The minimum atomic E-state index is -0.298. The van der Waals surface area contributed by atoms with E-state index in [0.29, 0.717) is 12.4 Å². The summed E-state index contributed by atoms with van der Waals surface area (Å²) >= 11 is 0. The fraction of sp³-hybridized carbons (Fsp3) is 0.176. The molecule has 0 fully saturated rings. The van der Waals surface area contributed by atoms with Gasteiger partial charge in [0, 0.05) is 23.7 Å². The normalized spacial score (nSPS) is 11.0. The minimum absolute atomic E-state index is 0.298. The van der Waals surface area contributed by atoms with Gasteiger partial charge < -0.3 is 15.0 Å². The van der Waals surface area contributed by atoms with Gasteiger partial charge in [-0.25, -0.2) is 4.39 Å². The number of ether oxygens (including phenoxy) is 1. The number of nitrogens with zero attached hydrogens (tertiary/aromatic N) is 1. The summed E-state index contributed by atoms with van der Waals surface area (Å²) in [5.41, 5.74) is 8.89. The standard InChI is InChI=1S/C17H17FN2O/c1-2-20-13(10-15-16(19)7-4-8-17(15)20)11-21-14-6-3-5-12(18)9-14/h3-10H,2,11,19H2,1H3. The van der Waals surface area contributed by atoms with Crippen molar-refractivity contribution in [2.75, 3.05) is 5.73 Å². The van der Waals surface area contributed by atoms with Crippen molar-refractivity contribution < 1.29 is 9.13 Å². The van der Waals surface area contributed by atoms with Gasteiger partial charge in [-0.05, 0) is 37.3 Å². The Bertz CT molecular complexity index is 780. The van der Waals surface area contributed by atoms with E-state index in [-0.39, 0.29) is 5.82 Å². The molecule has 0 aliphatic rings. The second-order valence-electron chi connectivity index (χ2n) is 4.91. The Labute approximate surface area is 122 Å². The molecule has 3 rings (SSSR count). The molecule has 0 unspecified atom stereocenters. The van der Waals surface area contributed by atoms with Gasteiger partial charge in [-0.2, -0.15) is 0 Å². The van der Waals surface area contributed by atoms with Crippen LogP contribution in [-0.4, -0.2) is 4.57 Å². The molecule has 0 amide bonds. The Hall–Kier alpha value is -2.49. The van der Waals surface area contributed by atoms with Gasteiger partial charge in [0.25, 0.3) is 0 Å². The van der Waals surface area contributed by atoms with Crippen molar-refractivity contribution in [3.05, 3.63) is 60.0 Å². The lowest BCUT2D eigenvalue weighted by Crippen LogP contribution is -2.04. The minimum Gasteiger partial charge on any atom is -0.487 e. The molecule has 0 atom stereocenters. The van der Waals surface area contributed by atoms with Crippen LogP contribution in [0.2, 0.25) is 0 Å². The monoisotopic (exact) mass is 284 g/mol. The van der Waals surface area contributed by atoms with Crippen LogP contribution in [0.1, 0.15) is 12.6 Å². The number of fused-ring (bicyclic) bond motifs is 1. The molecule has 0 aliphatic heterocycles. The molecule has 2 aromatic carbocycles. The number of nitrogen functional groups attached to an aromatic ring is 1. The molecule has 0 aliphatic carbocycles. The lowest BCUT2D eigenvalue weighted by atomic mass is 10.2. The predicted octanol–water partition coefficient (Wildman–Crippen LogP) is 3.96. The van der Waals surface area contributed by atoms with E-state index < -0.39 is 0 Å². The zero-order valence-electron chi connectivity index (χ0n) is 11.8. The van der Waals surface area contributed by atoms with Gasteiger partial charge >= 0.3 is 0 Å². The van der Waals surface area contributed by atoms with Crippen molar-refractivity contribution in [1.29, 1.82) is 0 Å². The molecule has 3 nitrogen and oxygen atoms in total. The first-order valence-corrected chi connectivity index (χ1v) is 6.94. The van der Waals surface area contributed by atoms with E-state index in [0.717, 1.165) is 28.8 Å². The summed E-state index contributed by atoms with van der Waals surface area (Å²) in [7, 11) is 0. The van der Waals surface area contributed by atoms with E-state index in [1.165, 1.54) is 12.1 Å². The number of anilines is 1. The summed E-state index contributed by atoms with van der Waals surface area (Å²) in [5, 5.41) is 1.03. The lowest BCUT2D eigenvalue weighted by molar-refractivity contribution is 0.294. The molecule has 2 N–H and O–H groups in total. The smallest absolute Gasteiger partial charge is 0.128 e. The number of benzene rings is 2. The topological polar surface area (TPSA) is 40.2 Å². The van der Waals surface area contributed by atoms with Crippen molar-refractivity contribution in [3.63, 3.8) is 0 Å². The zero-order valence-corrected chi connectivity index (χ0v) is 11.8. The number of halogens is 1. The maximum Gasteiger partial charge on any atom is 0.128 e. The van der Waals surface area contributed by atoms with Crippen molar-refractivity contribution in [3.8, 4) is 5.75 Å². The van der Waals surface area contributed by atoms with Crippen LogP contribution in [0.4, 0.5) is 10.1 Å². The molecule has 0 saturated carbocycles. The number of nitrogens with two attached hydrogens (primary N) is 1. The summed E-state index contributed by atoms with van der Waals surface area (Å²) < 4.78 is 21.0. The van der Waals surface area contributed by atoms with Gasteiger partial charge in [-0.3, -0.25) is 0 Å². The van der Waals surface area contributed by atoms with E-state index >= 15 is 0 Å². The van der Waals surface area contributed by atoms with Crippen molar-refractivity contribution in [2.45, 2.75) is 20.1 Å². The van der Waals surface area contributed by atoms with Gasteiger partial charge in [0.05, 0.1) is 11.2 Å². The molecular weight excluding hydrogens is 267 g/mol.